The monoisotopic (exact) mass is 385 g/mol. The fourth-order valence-corrected chi connectivity index (χ4v) is 3.48. The summed E-state index contributed by atoms with van der Waals surface area (Å²) >= 11 is 0. The van der Waals surface area contributed by atoms with E-state index in [-0.39, 0.29) is 23.5 Å². The molecule has 0 aliphatic carbocycles. The third-order valence-electron chi connectivity index (χ3n) is 5.52. The van der Waals surface area contributed by atoms with Crippen molar-refractivity contribution >= 4 is 28.5 Å². The molecule has 2 aromatic rings. The fraction of sp³-hybridized carbons (Fsp3) is 0.500. The zero-order valence-electron chi connectivity index (χ0n) is 17.5. The van der Waals surface area contributed by atoms with Crippen LogP contribution >= 0.6 is 0 Å². The van der Waals surface area contributed by atoms with Crippen LogP contribution in [0.4, 0.5) is 0 Å². The van der Waals surface area contributed by atoms with Gasteiger partial charge in [0.2, 0.25) is 11.8 Å². The van der Waals surface area contributed by atoms with Crippen molar-refractivity contribution in [1.29, 1.82) is 0 Å². The van der Waals surface area contributed by atoms with Crippen LogP contribution in [0.1, 0.15) is 45.6 Å². The standard InChI is InChI=1S/C22H31N3O3/c1-15(26)9-8-10-16(20(27)25(5)22(2,3)21(28)23-4)13-17-14-24-19-12-7-6-11-18(17)19/h6-7,11-12,14,16,24H,8-10,13H2,1-5H3,(H,23,28). The number of likely N-dealkylation sites (N-methyl/N-ethyl adjacent to an activating group) is 2. The van der Waals surface area contributed by atoms with Gasteiger partial charge in [-0.15, -0.1) is 0 Å². The lowest BCUT2D eigenvalue weighted by Gasteiger charge is -2.36. The zero-order chi connectivity index (χ0) is 20.9. The van der Waals surface area contributed by atoms with Gasteiger partial charge >= 0.3 is 0 Å². The number of nitrogens with one attached hydrogen (secondary N) is 2. The molecule has 1 aromatic carbocycles. The summed E-state index contributed by atoms with van der Waals surface area (Å²) in [6, 6.07) is 7.99. The van der Waals surface area contributed by atoms with E-state index in [1.807, 2.05) is 30.5 Å². The Bertz CT molecular complexity index is 854. The molecule has 0 spiro atoms. The largest absolute Gasteiger partial charge is 0.361 e. The van der Waals surface area contributed by atoms with Gasteiger partial charge in [-0.1, -0.05) is 18.2 Å². The summed E-state index contributed by atoms with van der Waals surface area (Å²) in [6.45, 7) is 5.04. The van der Waals surface area contributed by atoms with Gasteiger partial charge < -0.3 is 20.0 Å². The molecular weight excluding hydrogens is 354 g/mol. The summed E-state index contributed by atoms with van der Waals surface area (Å²) in [7, 11) is 3.24. The summed E-state index contributed by atoms with van der Waals surface area (Å²) < 4.78 is 0. The maximum atomic E-state index is 13.3. The van der Waals surface area contributed by atoms with Gasteiger partial charge in [0.05, 0.1) is 0 Å². The molecule has 0 aliphatic heterocycles. The van der Waals surface area contributed by atoms with Gasteiger partial charge in [0.15, 0.2) is 0 Å². The predicted octanol–water partition coefficient (Wildman–Crippen LogP) is 3.07. The first kappa shape index (κ1) is 21.7. The molecule has 1 unspecified atom stereocenters. The number of nitrogens with zero attached hydrogens (tertiary/aromatic N) is 1. The van der Waals surface area contributed by atoms with Crippen molar-refractivity contribution in [2.45, 2.75) is 52.0 Å². The van der Waals surface area contributed by atoms with Crippen LogP contribution in [0.25, 0.3) is 10.9 Å². The van der Waals surface area contributed by atoms with Crippen LogP contribution in [0.3, 0.4) is 0 Å². The number of hydrogen-bond donors (Lipinski definition) is 2. The molecule has 0 fully saturated rings. The summed E-state index contributed by atoms with van der Waals surface area (Å²) in [5.74, 6) is -0.467. The summed E-state index contributed by atoms with van der Waals surface area (Å²) in [4.78, 5) is 41.7. The second kappa shape index (κ2) is 9.04. The number of H-pyrrole nitrogens is 1. The average Bonchev–Trinajstić information content (AvgIpc) is 3.08. The van der Waals surface area contributed by atoms with E-state index in [0.717, 1.165) is 16.5 Å². The molecule has 6 nitrogen and oxygen atoms in total. The maximum absolute atomic E-state index is 13.3. The molecule has 28 heavy (non-hydrogen) atoms. The number of aromatic amines is 1. The Hall–Kier alpha value is -2.63. The summed E-state index contributed by atoms with van der Waals surface area (Å²) in [5, 5.41) is 3.72. The molecule has 0 saturated heterocycles. The highest BCUT2D eigenvalue weighted by molar-refractivity contribution is 5.91. The van der Waals surface area contributed by atoms with E-state index in [9.17, 15) is 14.4 Å². The second-order valence-electron chi connectivity index (χ2n) is 7.89. The number of amides is 2. The molecule has 2 amide bonds. The zero-order valence-corrected chi connectivity index (χ0v) is 17.5. The summed E-state index contributed by atoms with van der Waals surface area (Å²) in [6.07, 6.45) is 4.23. The number of carbonyl (C=O) groups excluding carboxylic acids is 3. The van der Waals surface area contributed by atoms with Crippen molar-refractivity contribution in [3.8, 4) is 0 Å². The van der Waals surface area contributed by atoms with Crippen molar-refractivity contribution in [3.63, 3.8) is 0 Å². The van der Waals surface area contributed by atoms with E-state index in [2.05, 4.69) is 10.3 Å². The van der Waals surface area contributed by atoms with Gasteiger partial charge in [0.25, 0.3) is 0 Å². The molecule has 0 radical (unpaired) electrons. The lowest BCUT2D eigenvalue weighted by Crippen LogP contribution is -2.56. The first-order valence-corrected chi connectivity index (χ1v) is 9.72. The normalized spacial score (nSPS) is 12.6. The van der Waals surface area contributed by atoms with Crippen molar-refractivity contribution in [2.24, 2.45) is 5.92 Å². The number of carbonyl (C=O) groups is 3. The third-order valence-corrected chi connectivity index (χ3v) is 5.52. The number of ketones is 1. The van der Waals surface area contributed by atoms with Gasteiger partial charge in [-0.3, -0.25) is 9.59 Å². The number of hydrogen-bond acceptors (Lipinski definition) is 3. The quantitative estimate of drug-likeness (QED) is 0.696. The number of Topliss-reactive ketones (excluding diaryl/α,β-unsaturated/α-hetero) is 1. The van der Waals surface area contributed by atoms with Gasteiger partial charge in [0.1, 0.15) is 11.3 Å². The highest BCUT2D eigenvalue weighted by atomic mass is 16.2. The predicted molar refractivity (Wildman–Crippen MR) is 111 cm³/mol. The third kappa shape index (κ3) is 4.80. The Morgan fingerprint density at radius 3 is 2.54 bits per heavy atom. The SMILES string of the molecule is CNC(=O)C(C)(C)N(C)C(=O)C(CCCC(C)=O)Cc1c[nH]c2ccccc12. The minimum absolute atomic E-state index is 0.0811. The lowest BCUT2D eigenvalue weighted by molar-refractivity contribution is -0.147. The molecular formula is C22H31N3O3. The van der Waals surface area contributed by atoms with Gasteiger partial charge in [-0.05, 0) is 51.7 Å². The van der Waals surface area contributed by atoms with Crippen molar-refractivity contribution < 1.29 is 14.4 Å². The first-order chi connectivity index (χ1) is 13.2. The molecule has 6 heteroatoms. The Kier molecular flexibility index (Phi) is 7.00. The fourth-order valence-electron chi connectivity index (χ4n) is 3.48. The summed E-state index contributed by atoms with van der Waals surface area (Å²) in [5.41, 5.74) is 1.15. The van der Waals surface area contributed by atoms with Crippen molar-refractivity contribution in [1.82, 2.24) is 15.2 Å². The topological polar surface area (TPSA) is 82.3 Å². The molecule has 152 valence electrons. The molecule has 1 atom stereocenters. The van der Waals surface area contributed by atoms with Crippen LogP contribution in [0.15, 0.2) is 30.5 Å². The highest BCUT2D eigenvalue weighted by Crippen LogP contribution is 2.26. The molecule has 0 aliphatic rings. The van der Waals surface area contributed by atoms with Gasteiger partial charge in [0, 0.05) is 43.5 Å². The van der Waals surface area contributed by atoms with E-state index >= 15 is 0 Å². The van der Waals surface area contributed by atoms with Crippen molar-refractivity contribution in [2.75, 3.05) is 14.1 Å². The van der Waals surface area contributed by atoms with E-state index in [4.69, 9.17) is 0 Å². The van der Waals surface area contributed by atoms with E-state index in [1.54, 1.807) is 34.9 Å². The van der Waals surface area contributed by atoms with Crippen LogP contribution in [0.2, 0.25) is 0 Å². The minimum atomic E-state index is -0.953. The Balaban J connectivity index is 2.26. The molecule has 1 aromatic heterocycles. The Labute approximate surface area is 166 Å². The van der Waals surface area contributed by atoms with Crippen molar-refractivity contribution in [3.05, 3.63) is 36.0 Å². The number of para-hydroxylation sites is 1. The first-order valence-electron chi connectivity index (χ1n) is 9.72. The number of benzene rings is 1. The average molecular weight is 386 g/mol. The molecule has 2 N–H and O–H groups in total. The highest BCUT2D eigenvalue weighted by Gasteiger charge is 2.37. The number of rotatable bonds is 9. The number of aromatic nitrogens is 1. The van der Waals surface area contributed by atoms with Crippen LogP contribution < -0.4 is 5.32 Å². The molecule has 1 heterocycles. The molecule has 2 rings (SSSR count). The Morgan fingerprint density at radius 2 is 1.89 bits per heavy atom. The van der Waals surface area contributed by atoms with Crippen LogP contribution in [0.5, 0.6) is 0 Å². The Morgan fingerprint density at radius 1 is 1.21 bits per heavy atom. The van der Waals surface area contributed by atoms with Gasteiger partial charge in [-0.2, -0.15) is 0 Å². The van der Waals surface area contributed by atoms with Gasteiger partial charge in [-0.25, -0.2) is 0 Å². The molecule has 0 saturated carbocycles. The molecule has 0 bridgehead atoms. The lowest BCUT2D eigenvalue weighted by atomic mass is 9.90. The van der Waals surface area contributed by atoms with Crippen LogP contribution in [0, 0.1) is 5.92 Å². The van der Waals surface area contributed by atoms with Crippen LogP contribution in [-0.4, -0.2) is 47.1 Å². The smallest absolute Gasteiger partial charge is 0.245 e. The minimum Gasteiger partial charge on any atom is -0.361 e. The van der Waals surface area contributed by atoms with E-state index < -0.39 is 5.54 Å². The number of fused-ring (bicyclic) bond motifs is 1. The second-order valence-corrected chi connectivity index (χ2v) is 7.89. The van der Waals surface area contributed by atoms with Crippen LogP contribution in [-0.2, 0) is 20.8 Å². The van der Waals surface area contributed by atoms with E-state index in [1.165, 1.54) is 4.90 Å². The maximum Gasteiger partial charge on any atom is 0.245 e. The van der Waals surface area contributed by atoms with E-state index in [0.29, 0.717) is 25.7 Å².